The molecule has 0 aliphatic rings. The maximum Gasteiger partial charge on any atom is 0.0119 e. The quantitative estimate of drug-likeness (QED) is 0.275. The minimum absolute atomic E-state index is 1.02. The van der Waals surface area contributed by atoms with E-state index in [9.17, 15) is 0 Å². The van der Waals surface area contributed by atoms with Crippen molar-refractivity contribution < 1.29 is 0 Å². The maximum atomic E-state index is 4.49. The first-order valence-corrected chi connectivity index (χ1v) is 10.2. The topological polar surface area (TPSA) is 0 Å². The second-order valence-corrected chi connectivity index (χ2v) is 7.09. The van der Waals surface area contributed by atoms with Gasteiger partial charge in [-0.05, 0) is 74.2 Å². The van der Waals surface area contributed by atoms with Gasteiger partial charge in [0.15, 0.2) is 0 Å². The van der Waals surface area contributed by atoms with Crippen LogP contribution >= 0.6 is 25.3 Å². The lowest BCUT2D eigenvalue weighted by Gasteiger charge is -2.12. The van der Waals surface area contributed by atoms with Crippen molar-refractivity contribution in [2.24, 2.45) is 0 Å². The van der Waals surface area contributed by atoms with E-state index in [1.165, 1.54) is 38.6 Å². The zero-order chi connectivity index (χ0) is 21.1. The Morgan fingerprint density at radius 2 is 1.07 bits per heavy atom. The number of hydrogen-bond donors (Lipinski definition) is 2. The zero-order valence-electron chi connectivity index (χ0n) is 17.9. The SMILES string of the molecule is C=C.CC.Cc1c(S)cc2c(S)ccc(C)c2c1C.Cc1ccc(C)cc1. The highest BCUT2D eigenvalue weighted by Crippen LogP contribution is 2.32. The predicted octanol–water partition coefficient (Wildman–Crippen LogP) is 8.47. The third kappa shape index (κ3) is 7.12. The normalized spacial score (nSPS) is 9.22. The fourth-order valence-electron chi connectivity index (χ4n) is 2.62. The number of benzene rings is 3. The molecule has 0 radical (unpaired) electrons. The second kappa shape index (κ2) is 12.7. The standard InChI is InChI=1S/C13H14S2.C8H10.C2H6.C2H4/c1-7-4-5-11(14)10-6-12(15)8(2)9(3)13(7)10;1-7-3-5-8(2)6-4-7;2*1-2/h4-6,14-15H,1-3H3;3-6H,1-2H3;1-2H3;1-2H2. The number of hydrogen-bond acceptors (Lipinski definition) is 2. The number of aryl methyl sites for hydroxylation is 4. The maximum absolute atomic E-state index is 4.49. The van der Waals surface area contributed by atoms with E-state index in [0.29, 0.717) is 0 Å². The van der Waals surface area contributed by atoms with E-state index in [2.05, 4.69) is 109 Å². The molecular weight excluding hydrogens is 364 g/mol. The fourth-order valence-corrected chi connectivity index (χ4v) is 3.17. The Labute approximate surface area is 177 Å². The highest BCUT2D eigenvalue weighted by molar-refractivity contribution is 7.80. The Hall–Kier alpha value is -1.64. The van der Waals surface area contributed by atoms with Gasteiger partial charge in [-0.3, -0.25) is 0 Å². The molecule has 0 spiro atoms. The first kappa shape index (κ1) is 25.4. The molecule has 3 rings (SSSR count). The van der Waals surface area contributed by atoms with Gasteiger partial charge < -0.3 is 0 Å². The average molecular weight is 399 g/mol. The molecule has 0 aliphatic heterocycles. The van der Waals surface area contributed by atoms with Gasteiger partial charge in [-0.25, -0.2) is 0 Å². The van der Waals surface area contributed by atoms with Gasteiger partial charge in [0.2, 0.25) is 0 Å². The molecule has 27 heavy (non-hydrogen) atoms. The third-order valence-corrected chi connectivity index (χ3v) is 5.11. The average Bonchev–Trinajstić information content (AvgIpc) is 2.69. The third-order valence-electron chi connectivity index (χ3n) is 4.25. The van der Waals surface area contributed by atoms with Gasteiger partial charge in [-0.2, -0.15) is 0 Å². The summed E-state index contributed by atoms with van der Waals surface area (Å²) in [5.74, 6) is 0. The molecule has 0 bridgehead atoms. The molecule has 0 saturated heterocycles. The molecule has 0 N–H and O–H groups in total. The van der Waals surface area contributed by atoms with Crippen LogP contribution in [-0.4, -0.2) is 0 Å². The van der Waals surface area contributed by atoms with Crippen LogP contribution in [-0.2, 0) is 0 Å². The predicted molar refractivity (Wildman–Crippen MR) is 131 cm³/mol. The smallest absolute Gasteiger partial charge is 0.0119 e. The van der Waals surface area contributed by atoms with E-state index in [4.69, 9.17) is 0 Å². The molecule has 0 unspecified atom stereocenters. The lowest BCUT2D eigenvalue weighted by molar-refractivity contribution is 1.25. The van der Waals surface area contributed by atoms with Crippen molar-refractivity contribution in [3.8, 4) is 0 Å². The van der Waals surface area contributed by atoms with Crippen LogP contribution in [0.2, 0.25) is 0 Å². The van der Waals surface area contributed by atoms with Crippen molar-refractivity contribution in [1.82, 2.24) is 0 Å². The number of fused-ring (bicyclic) bond motifs is 1. The summed E-state index contributed by atoms with van der Waals surface area (Å²) in [6.45, 7) is 20.6. The lowest BCUT2D eigenvalue weighted by atomic mass is 9.97. The summed E-state index contributed by atoms with van der Waals surface area (Å²) < 4.78 is 0. The number of rotatable bonds is 0. The summed E-state index contributed by atoms with van der Waals surface area (Å²) in [4.78, 5) is 2.06. The van der Waals surface area contributed by atoms with Gasteiger partial charge in [0, 0.05) is 9.79 Å². The first-order chi connectivity index (χ1) is 12.8. The highest BCUT2D eigenvalue weighted by atomic mass is 32.1. The zero-order valence-corrected chi connectivity index (χ0v) is 19.6. The summed E-state index contributed by atoms with van der Waals surface area (Å²) in [5, 5.41) is 2.52. The van der Waals surface area contributed by atoms with Crippen LogP contribution in [0.4, 0.5) is 0 Å². The van der Waals surface area contributed by atoms with E-state index < -0.39 is 0 Å². The van der Waals surface area contributed by atoms with Gasteiger partial charge >= 0.3 is 0 Å². The minimum Gasteiger partial charge on any atom is -0.143 e. The van der Waals surface area contributed by atoms with Crippen LogP contribution in [0.1, 0.15) is 41.7 Å². The van der Waals surface area contributed by atoms with Crippen molar-refractivity contribution in [1.29, 1.82) is 0 Å². The van der Waals surface area contributed by atoms with Gasteiger partial charge in [0.25, 0.3) is 0 Å². The van der Waals surface area contributed by atoms with Gasteiger partial charge in [-0.1, -0.05) is 55.3 Å². The van der Waals surface area contributed by atoms with E-state index in [0.717, 1.165) is 9.79 Å². The monoisotopic (exact) mass is 398 g/mol. The molecule has 3 aromatic carbocycles. The Balaban J connectivity index is 0.000000477. The second-order valence-electron chi connectivity index (χ2n) is 6.12. The molecular formula is C25H34S2. The summed E-state index contributed by atoms with van der Waals surface area (Å²) >= 11 is 8.98. The fraction of sp³-hybridized carbons (Fsp3) is 0.280. The molecule has 0 nitrogen and oxygen atoms in total. The Bertz CT molecular complexity index is 826. The Morgan fingerprint density at radius 3 is 1.52 bits per heavy atom. The first-order valence-electron chi connectivity index (χ1n) is 9.26. The van der Waals surface area contributed by atoms with Gasteiger partial charge in [0.05, 0.1) is 0 Å². The molecule has 0 amide bonds. The van der Waals surface area contributed by atoms with E-state index >= 15 is 0 Å². The molecule has 0 aliphatic carbocycles. The van der Waals surface area contributed by atoms with E-state index in [1.54, 1.807) is 0 Å². The Kier molecular flexibility index (Phi) is 11.9. The molecule has 0 aromatic heterocycles. The minimum atomic E-state index is 1.02. The molecule has 0 saturated carbocycles. The largest absolute Gasteiger partial charge is 0.143 e. The molecule has 146 valence electrons. The van der Waals surface area contributed by atoms with E-state index in [-0.39, 0.29) is 0 Å². The molecule has 0 fully saturated rings. The van der Waals surface area contributed by atoms with Crippen molar-refractivity contribution >= 4 is 36.0 Å². The summed E-state index contributed by atoms with van der Waals surface area (Å²) in [5.41, 5.74) is 6.53. The van der Waals surface area contributed by atoms with Gasteiger partial charge in [-0.15, -0.1) is 38.4 Å². The molecule has 3 aromatic rings. The summed E-state index contributed by atoms with van der Waals surface area (Å²) in [6, 6.07) is 14.8. The summed E-state index contributed by atoms with van der Waals surface area (Å²) in [7, 11) is 0. The highest BCUT2D eigenvalue weighted by Gasteiger charge is 2.08. The molecule has 2 heteroatoms. The summed E-state index contributed by atoms with van der Waals surface area (Å²) in [6.07, 6.45) is 0. The molecule has 0 atom stereocenters. The van der Waals surface area contributed by atoms with Crippen molar-refractivity contribution in [3.05, 3.63) is 83.4 Å². The van der Waals surface area contributed by atoms with Crippen molar-refractivity contribution in [2.45, 2.75) is 58.3 Å². The van der Waals surface area contributed by atoms with Crippen LogP contribution in [0.5, 0.6) is 0 Å². The van der Waals surface area contributed by atoms with Crippen molar-refractivity contribution in [2.75, 3.05) is 0 Å². The van der Waals surface area contributed by atoms with E-state index in [1.807, 2.05) is 19.9 Å². The van der Waals surface area contributed by atoms with Crippen molar-refractivity contribution in [3.63, 3.8) is 0 Å². The van der Waals surface area contributed by atoms with Crippen LogP contribution < -0.4 is 0 Å². The molecule has 0 heterocycles. The lowest BCUT2D eigenvalue weighted by Crippen LogP contribution is -1.90. The Morgan fingerprint density at radius 1 is 0.630 bits per heavy atom. The van der Waals surface area contributed by atoms with Crippen LogP contribution in [0.25, 0.3) is 10.8 Å². The van der Waals surface area contributed by atoms with Crippen LogP contribution in [0.3, 0.4) is 0 Å². The number of thiol groups is 2. The van der Waals surface area contributed by atoms with Crippen LogP contribution in [0.15, 0.2) is 65.4 Å². The van der Waals surface area contributed by atoms with Crippen LogP contribution in [0, 0.1) is 34.6 Å². The van der Waals surface area contributed by atoms with Gasteiger partial charge in [0.1, 0.15) is 0 Å².